The molecule has 0 saturated heterocycles. The number of nitrogens with zero attached hydrogens (tertiary/aromatic N) is 2. The van der Waals surface area contributed by atoms with Gasteiger partial charge in [-0.3, -0.25) is 9.59 Å². The molecule has 7 nitrogen and oxygen atoms in total. The van der Waals surface area contributed by atoms with Crippen molar-refractivity contribution in [2.24, 2.45) is 0 Å². The molecule has 3 N–H and O–H groups in total. The summed E-state index contributed by atoms with van der Waals surface area (Å²) >= 11 is 0. The van der Waals surface area contributed by atoms with E-state index in [0.29, 0.717) is 17.6 Å². The first-order chi connectivity index (χ1) is 17.1. The number of aryl methyl sites for hydroxylation is 1. The summed E-state index contributed by atoms with van der Waals surface area (Å²) in [5.74, 6) is -0.922. The van der Waals surface area contributed by atoms with Crippen molar-refractivity contribution in [1.82, 2.24) is 14.5 Å². The van der Waals surface area contributed by atoms with Crippen molar-refractivity contribution in [3.8, 4) is 0 Å². The number of aromatic nitrogens is 3. The summed E-state index contributed by atoms with van der Waals surface area (Å²) in [5, 5.41) is 13.6. The minimum atomic E-state index is -0.878. The van der Waals surface area contributed by atoms with Crippen LogP contribution in [0.2, 0.25) is 0 Å². The van der Waals surface area contributed by atoms with Gasteiger partial charge < -0.3 is 20.0 Å². The molecule has 176 valence electrons. The maximum absolute atomic E-state index is 12.6. The minimum absolute atomic E-state index is 0.0448. The van der Waals surface area contributed by atoms with Crippen LogP contribution in [0.4, 0.5) is 5.69 Å². The van der Waals surface area contributed by atoms with Crippen LogP contribution >= 0.6 is 0 Å². The number of nitrogens with one attached hydrogen (secondary N) is 2. The molecule has 0 bridgehead atoms. The number of carboxylic acids is 1. The molecule has 0 fully saturated rings. The number of para-hydroxylation sites is 1. The van der Waals surface area contributed by atoms with E-state index in [4.69, 9.17) is 0 Å². The van der Waals surface area contributed by atoms with Gasteiger partial charge in [0.1, 0.15) is 0 Å². The molecule has 0 radical (unpaired) electrons. The molecular weight excluding hydrogens is 440 g/mol. The highest BCUT2D eigenvalue weighted by molar-refractivity contribution is 5.93. The fourth-order valence-corrected chi connectivity index (χ4v) is 4.58. The number of carbonyl (C=O) groups excluding carboxylic acids is 1. The SMILES string of the molecule is O=C(O)CC(c1ccccc1)n1cnc2cc(NC(=O)CCCc3c[nH]c4ccccc34)ccc21. The molecule has 5 aromatic rings. The lowest BCUT2D eigenvalue weighted by Crippen LogP contribution is -2.14. The van der Waals surface area contributed by atoms with Crippen molar-refractivity contribution in [2.45, 2.75) is 31.7 Å². The number of hydrogen-bond donors (Lipinski definition) is 3. The Labute approximate surface area is 202 Å². The fraction of sp³-hybridized carbons (Fsp3) is 0.179. The number of rotatable bonds is 9. The Morgan fingerprint density at radius 1 is 1.03 bits per heavy atom. The predicted octanol–water partition coefficient (Wildman–Crippen LogP) is 5.54. The second kappa shape index (κ2) is 9.85. The van der Waals surface area contributed by atoms with Gasteiger partial charge in [-0.2, -0.15) is 0 Å². The molecule has 0 aliphatic rings. The monoisotopic (exact) mass is 466 g/mol. The van der Waals surface area contributed by atoms with Crippen LogP contribution in [0.5, 0.6) is 0 Å². The van der Waals surface area contributed by atoms with E-state index in [1.165, 1.54) is 10.9 Å². The first kappa shape index (κ1) is 22.4. The number of carbonyl (C=O) groups is 2. The summed E-state index contributed by atoms with van der Waals surface area (Å²) in [4.78, 5) is 31.8. The first-order valence-electron chi connectivity index (χ1n) is 11.7. The quantitative estimate of drug-likeness (QED) is 0.265. The Hall–Kier alpha value is -4.39. The van der Waals surface area contributed by atoms with Gasteiger partial charge in [-0.15, -0.1) is 0 Å². The smallest absolute Gasteiger partial charge is 0.305 e. The Kier molecular flexibility index (Phi) is 6.30. The zero-order chi connectivity index (χ0) is 24.2. The topological polar surface area (TPSA) is 100 Å². The van der Waals surface area contributed by atoms with Gasteiger partial charge in [-0.25, -0.2) is 4.98 Å². The average Bonchev–Trinajstić information content (AvgIpc) is 3.47. The average molecular weight is 467 g/mol. The van der Waals surface area contributed by atoms with Crippen molar-refractivity contribution >= 4 is 39.5 Å². The molecule has 7 heteroatoms. The van der Waals surface area contributed by atoms with Crippen LogP contribution in [0, 0.1) is 0 Å². The third kappa shape index (κ3) is 4.94. The summed E-state index contributed by atoms with van der Waals surface area (Å²) in [7, 11) is 0. The van der Waals surface area contributed by atoms with Gasteiger partial charge in [0.2, 0.25) is 5.91 Å². The van der Waals surface area contributed by atoms with Crippen molar-refractivity contribution < 1.29 is 14.7 Å². The molecule has 0 spiro atoms. The van der Waals surface area contributed by atoms with Gasteiger partial charge in [-0.1, -0.05) is 48.5 Å². The van der Waals surface area contributed by atoms with Crippen molar-refractivity contribution in [3.63, 3.8) is 0 Å². The number of H-pyrrole nitrogens is 1. The second-order valence-corrected chi connectivity index (χ2v) is 8.64. The predicted molar refractivity (Wildman–Crippen MR) is 136 cm³/mol. The van der Waals surface area contributed by atoms with Crippen molar-refractivity contribution in [3.05, 3.63) is 96.4 Å². The summed E-state index contributed by atoms with van der Waals surface area (Å²) in [6, 6.07) is 22.9. The number of benzene rings is 3. The number of fused-ring (bicyclic) bond motifs is 2. The van der Waals surface area contributed by atoms with E-state index in [1.54, 1.807) is 6.33 Å². The number of aliphatic carboxylic acids is 1. The normalized spacial score (nSPS) is 12.1. The number of hydrogen-bond acceptors (Lipinski definition) is 3. The third-order valence-electron chi connectivity index (χ3n) is 6.27. The number of anilines is 1. The van der Waals surface area contributed by atoms with E-state index < -0.39 is 5.97 Å². The summed E-state index contributed by atoms with van der Waals surface area (Å²) in [5.41, 5.74) is 5.42. The van der Waals surface area contributed by atoms with Crippen LogP contribution in [0.25, 0.3) is 21.9 Å². The molecule has 5 rings (SSSR count). The van der Waals surface area contributed by atoms with E-state index in [0.717, 1.165) is 29.4 Å². The Balaban J connectivity index is 1.26. The molecule has 1 unspecified atom stereocenters. The van der Waals surface area contributed by atoms with E-state index in [1.807, 2.05) is 77.5 Å². The van der Waals surface area contributed by atoms with Crippen LogP contribution in [0.3, 0.4) is 0 Å². The highest BCUT2D eigenvalue weighted by atomic mass is 16.4. The van der Waals surface area contributed by atoms with Gasteiger partial charge in [0.05, 0.1) is 29.8 Å². The maximum atomic E-state index is 12.6. The highest BCUT2D eigenvalue weighted by Crippen LogP contribution is 2.28. The molecule has 0 aliphatic carbocycles. The van der Waals surface area contributed by atoms with Gasteiger partial charge in [0, 0.05) is 29.2 Å². The number of imidazole rings is 1. The number of aromatic amines is 1. The second-order valence-electron chi connectivity index (χ2n) is 8.64. The van der Waals surface area contributed by atoms with Crippen LogP contribution in [0.15, 0.2) is 85.3 Å². The first-order valence-corrected chi connectivity index (χ1v) is 11.7. The Morgan fingerprint density at radius 2 is 1.83 bits per heavy atom. The van der Waals surface area contributed by atoms with Crippen LogP contribution in [-0.2, 0) is 16.0 Å². The lowest BCUT2D eigenvalue weighted by Gasteiger charge is -2.18. The minimum Gasteiger partial charge on any atom is -0.481 e. The lowest BCUT2D eigenvalue weighted by molar-refractivity contribution is -0.137. The molecular formula is C28H26N4O3. The molecule has 35 heavy (non-hydrogen) atoms. The lowest BCUT2D eigenvalue weighted by atomic mass is 10.0. The summed E-state index contributed by atoms with van der Waals surface area (Å²) in [6.45, 7) is 0. The van der Waals surface area contributed by atoms with E-state index in [9.17, 15) is 14.7 Å². The van der Waals surface area contributed by atoms with E-state index in [-0.39, 0.29) is 18.4 Å². The molecule has 1 amide bonds. The fourth-order valence-electron chi connectivity index (χ4n) is 4.58. The molecule has 2 aromatic heterocycles. The molecule has 2 heterocycles. The zero-order valence-corrected chi connectivity index (χ0v) is 19.1. The maximum Gasteiger partial charge on any atom is 0.305 e. The van der Waals surface area contributed by atoms with Gasteiger partial charge in [0.25, 0.3) is 0 Å². The van der Waals surface area contributed by atoms with Crippen LogP contribution < -0.4 is 5.32 Å². The summed E-state index contributed by atoms with van der Waals surface area (Å²) < 4.78 is 1.88. The Bertz CT molecular complexity index is 1490. The molecule has 0 saturated carbocycles. The third-order valence-corrected chi connectivity index (χ3v) is 6.27. The highest BCUT2D eigenvalue weighted by Gasteiger charge is 2.20. The van der Waals surface area contributed by atoms with E-state index >= 15 is 0 Å². The molecule has 3 aromatic carbocycles. The standard InChI is InChI=1S/C28H26N4O3/c33-27(12-6-9-20-17-29-23-11-5-4-10-22(20)23)31-21-13-14-25-24(15-21)30-18-32(25)26(16-28(34)35)19-7-2-1-3-8-19/h1-5,7-8,10-11,13-15,17-18,26,29H,6,9,12,16H2,(H,31,33)(H,34,35). The molecule has 1 atom stereocenters. The number of carboxylic acid groups (broad SMARTS) is 1. The van der Waals surface area contributed by atoms with Crippen molar-refractivity contribution in [2.75, 3.05) is 5.32 Å². The van der Waals surface area contributed by atoms with Crippen LogP contribution in [0.1, 0.15) is 36.4 Å². The van der Waals surface area contributed by atoms with Gasteiger partial charge in [-0.05, 0) is 48.2 Å². The van der Waals surface area contributed by atoms with Crippen molar-refractivity contribution in [1.29, 1.82) is 0 Å². The van der Waals surface area contributed by atoms with Gasteiger partial charge >= 0.3 is 5.97 Å². The Morgan fingerprint density at radius 3 is 2.66 bits per heavy atom. The largest absolute Gasteiger partial charge is 0.481 e. The zero-order valence-electron chi connectivity index (χ0n) is 19.1. The van der Waals surface area contributed by atoms with Gasteiger partial charge in [0.15, 0.2) is 0 Å². The summed E-state index contributed by atoms with van der Waals surface area (Å²) in [6.07, 6.45) is 5.62. The van der Waals surface area contributed by atoms with Crippen LogP contribution in [-0.4, -0.2) is 31.5 Å². The number of amides is 1. The molecule has 0 aliphatic heterocycles. The van der Waals surface area contributed by atoms with E-state index in [2.05, 4.69) is 21.4 Å².